The molecule has 0 aliphatic carbocycles. The Morgan fingerprint density at radius 3 is 2.34 bits per heavy atom. The molecule has 2 amide bonds. The van der Waals surface area contributed by atoms with Crippen LogP contribution in [-0.2, 0) is 11.3 Å². The highest BCUT2D eigenvalue weighted by Gasteiger charge is 2.26. The van der Waals surface area contributed by atoms with Gasteiger partial charge < -0.3 is 23.8 Å². The van der Waals surface area contributed by atoms with Crippen molar-refractivity contribution in [3.05, 3.63) is 53.3 Å². The number of aryl methyl sites for hydroxylation is 1. The zero-order valence-corrected chi connectivity index (χ0v) is 16.9. The minimum Gasteiger partial charge on any atom is -0.755 e. The molecule has 9 nitrogen and oxygen atoms in total. The maximum absolute atomic E-state index is 12.8. The van der Waals surface area contributed by atoms with Gasteiger partial charge in [0.15, 0.2) is 0 Å². The number of piperazine rings is 1. The second-order valence-corrected chi connectivity index (χ2v) is 7.17. The second-order valence-electron chi connectivity index (χ2n) is 6.50. The molecule has 2 aromatic rings. The summed E-state index contributed by atoms with van der Waals surface area (Å²) < 4.78 is 29.1. The number of nitrogens with zero attached hydrogens (tertiary/aromatic N) is 3. The van der Waals surface area contributed by atoms with E-state index in [4.69, 9.17) is 4.74 Å². The van der Waals surface area contributed by atoms with Gasteiger partial charge in [0, 0.05) is 48.7 Å². The topological polar surface area (TPSA) is 115 Å². The number of carbonyl (C=O) groups is 2. The molecule has 10 heteroatoms. The summed E-state index contributed by atoms with van der Waals surface area (Å²) in [5, 5.41) is 0. The predicted molar refractivity (Wildman–Crippen MR) is 106 cm³/mol. The van der Waals surface area contributed by atoms with Gasteiger partial charge in [-0.05, 0) is 37.3 Å². The first-order valence-electron chi connectivity index (χ1n) is 8.95. The van der Waals surface area contributed by atoms with Crippen LogP contribution in [-0.4, -0.2) is 68.6 Å². The molecule has 1 unspecified atom stereocenters. The fourth-order valence-electron chi connectivity index (χ4n) is 3.12. The van der Waals surface area contributed by atoms with Crippen LogP contribution in [0.25, 0.3) is 0 Å². The molecule has 0 radical (unpaired) electrons. The molecule has 1 aromatic carbocycles. The number of benzene rings is 1. The number of methoxy groups -OCH3 is 1. The van der Waals surface area contributed by atoms with Crippen LogP contribution in [0.4, 0.5) is 5.69 Å². The van der Waals surface area contributed by atoms with Gasteiger partial charge >= 0.3 is 0 Å². The van der Waals surface area contributed by atoms with E-state index in [-0.39, 0.29) is 23.3 Å². The summed E-state index contributed by atoms with van der Waals surface area (Å²) in [6.07, 6.45) is 0. The summed E-state index contributed by atoms with van der Waals surface area (Å²) in [6, 6.07) is 9.81. The van der Waals surface area contributed by atoms with E-state index in [0.717, 1.165) is 5.69 Å². The number of carbonyl (C=O) groups excluding carboxylic acids is 2. The molecule has 154 valence electrons. The molecule has 29 heavy (non-hydrogen) atoms. The minimum atomic E-state index is -2.49. The summed E-state index contributed by atoms with van der Waals surface area (Å²) >= 11 is -2.49. The van der Waals surface area contributed by atoms with Gasteiger partial charge in [0.05, 0.1) is 12.8 Å². The molecule has 1 saturated heterocycles. The van der Waals surface area contributed by atoms with Gasteiger partial charge in [-0.3, -0.25) is 13.8 Å². The summed E-state index contributed by atoms with van der Waals surface area (Å²) in [5.41, 5.74) is 1.80. The molecule has 0 saturated carbocycles. The van der Waals surface area contributed by atoms with Crippen molar-refractivity contribution in [2.24, 2.45) is 0 Å². The highest BCUT2D eigenvalue weighted by Crippen LogP contribution is 2.26. The molecular weight excluding hydrogens is 396 g/mol. The Morgan fingerprint density at radius 2 is 1.76 bits per heavy atom. The maximum atomic E-state index is 12.8. The minimum absolute atomic E-state index is 0.150. The number of aromatic nitrogens is 1. The first-order chi connectivity index (χ1) is 13.9. The molecule has 1 N–H and O–H groups in total. The van der Waals surface area contributed by atoms with Crippen LogP contribution in [0, 0.1) is 6.92 Å². The summed E-state index contributed by atoms with van der Waals surface area (Å²) in [5.74, 6) is -0.109. The predicted octanol–water partition coefficient (Wildman–Crippen LogP) is 1.20. The molecule has 1 aliphatic heterocycles. The third-order valence-corrected chi connectivity index (χ3v) is 4.99. The molecule has 1 atom stereocenters. The number of rotatable bonds is 5. The van der Waals surface area contributed by atoms with Crippen molar-refractivity contribution in [2.45, 2.75) is 6.92 Å². The van der Waals surface area contributed by atoms with E-state index in [1.807, 2.05) is 13.0 Å². The number of amides is 2. The van der Waals surface area contributed by atoms with Crippen molar-refractivity contribution in [3.63, 3.8) is 0 Å². The van der Waals surface area contributed by atoms with Crippen LogP contribution in [0.2, 0.25) is 0 Å². The van der Waals surface area contributed by atoms with Crippen LogP contribution in [0.1, 0.15) is 26.5 Å². The standard InChI is InChI=1S/C19H22N4O5S/c1-13-4-3-5-16(20-13)19(25)23-10-8-22(9-11-23)18(24)14-6-7-15(21-29(26)27)17(12-14)28-2/h3-7,12,21H,8-11H2,1-2H3,(H,26,27)/p-1. The van der Waals surface area contributed by atoms with E-state index in [0.29, 0.717) is 37.4 Å². The Kier molecular flexibility index (Phi) is 6.45. The normalized spacial score (nSPS) is 15.0. The SMILES string of the molecule is COc1cc(C(=O)N2CCN(C(=O)c3cccc(C)n3)CC2)ccc1NS(=O)[O-]. The fourth-order valence-corrected chi connectivity index (χ4v) is 3.47. The van der Waals surface area contributed by atoms with Crippen LogP contribution < -0.4 is 9.46 Å². The molecule has 0 spiro atoms. The van der Waals surface area contributed by atoms with Gasteiger partial charge in [0.2, 0.25) is 0 Å². The smallest absolute Gasteiger partial charge is 0.272 e. The average Bonchev–Trinajstić information content (AvgIpc) is 2.72. The zero-order chi connectivity index (χ0) is 21.0. The number of anilines is 1. The van der Waals surface area contributed by atoms with Gasteiger partial charge in [-0.2, -0.15) is 0 Å². The van der Waals surface area contributed by atoms with Crippen molar-refractivity contribution in [3.8, 4) is 5.75 Å². The lowest BCUT2D eigenvalue weighted by Gasteiger charge is -2.34. The van der Waals surface area contributed by atoms with Gasteiger partial charge in [-0.1, -0.05) is 6.07 Å². The lowest BCUT2D eigenvalue weighted by molar-refractivity contribution is 0.0532. The van der Waals surface area contributed by atoms with Gasteiger partial charge in [0.1, 0.15) is 11.4 Å². The van der Waals surface area contributed by atoms with E-state index in [2.05, 4.69) is 9.71 Å². The number of nitrogens with one attached hydrogen (secondary N) is 1. The Bertz CT molecular complexity index is 944. The van der Waals surface area contributed by atoms with E-state index >= 15 is 0 Å². The quantitative estimate of drug-likeness (QED) is 0.731. The van der Waals surface area contributed by atoms with E-state index in [9.17, 15) is 18.4 Å². The van der Waals surface area contributed by atoms with Crippen molar-refractivity contribution < 1.29 is 23.1 Å². The molecule has 1 fully saturated rings. The van der Waals surface area contributed by atoms with Crippen molar-refractivity contribution in [1.82, 2.24) is 14.8 Å². The monoisotopic (exact) mass is 417 g/mol. The summed E-state index contributed by atoms with van der Waals surface area (Å²) in [7, 11) is 1.40. The molecule has 0 bridgehead atoms. The Labute approximate surface area is 171 Å². The van der Waals surface area contributed by atoms with Crippen molar-refractivity contribution >= 4 is 28.8 Å². The molecule has 3 rings (SSSR count). The van der Waals surface area contributed by atoms with Crippen LogP contribution in [0.15, 0.2) is 36.4 Å². The summed E-state index contributed by atoms with van der Waals surface area (Å²) in [6.45, 7) is 3.43. The number of hydrogen-bond acceptors (Lipinski definition) is 6. The van der Waals surface area contributed by atoms with Gasteiger partial charge in [-0.25, -0.2) is 4.98 Å². The van der Waals surface area contributed by atoms with Crippen molar-refractivity contribution in [1.29, 1.82) is 0 Å². The fraction of sp³-hybridized carbons (Fsp3) is 0.316. The average molecular weight is 417 g/mol. The second kappa shape index (κ2) is 9.01. The van der Waals surface area contributed by atoms with Crippen molar-refractivity contribution in [2.75, 3.05) is 38.0 Å². The Balaban J connectivity index is 1.65. The largest absolute Gasteiger partial charge is 0.755 e. The van der Waals surface area contributed by atoms with E-state index < -0.39 is 11.3 Å². The highest BCUT2D eigenvalue weighted by atomic mass is 32.2. The molecule has 2 heterocycles. The highest BCUT2D eigenvalue weighted by molar-refractivity contribution is 7.80. The Hall–Kier alpha value is -2.98. The van der Waals surface area contributed by atoms with Gasteiger partial charge in [0.25, 0.3) is 11.8 Å². The van der Waals surface area contributed by atoms with E-state index in [1.54, 1.807) is 21.9 Å². The van der Waals surface area contributed by atoms with E-state index in [1.165, 1.54) is 25.3 Å². The first kappa shape index (κ1) is 20.7. The lowest BCUT2D eigenvalue weighted by atomic mass is 10.1. The third kappa shape index (κ3) is 4.90. The number of hydrogen-bond donors (Lipinski definition) is 1. The zero-order valence-electron chi connectivity index (χ0n) is 16.1. The van der Waals surface area contributed by atoms with Gasteiger partial charge in [-0.15, -0.1) is 0 Å². The number of pyridine rings is 1. The molecule has 1 aromatic heterocycles. The first-order valence-corrected chi connectivity index (χ1v) is 10.0. The maximum Gasteiger partial charge on any atom is 0.272 e. The van der Waals surface area contributed by atoms with Crippen LogP contribution in [0.3, 0.4) is 0 Å². The number of ether oxygens (including phenoxy) is 1. The van der Waals surface area contributed by atoms with Crippen LogP contribution >= 0.6 is 0 Å². The van der Waals surface area contributed by atoms with Crippen LogP contribution in [0.5, 0.6) is 5.75 Å². The summed E-state index contributed by atoms with van der Waals surface area (Å²) in [4.78, 5) is 33.0. The lowest BCUT2D eigenvalue weighted by Crippen LogP contribution is -2.50. The molecule has 1 aliphatic rings. The third-order valence-electron chi connectivity index (χ3n) is 4.60. The Morgan fingerprint density at radius 1 is 1.10 bits per heavy atom. The molecular formula is C19H21N4O5S-.